The van der Waals surface area contributed by atoms with Crippen molar-refractivity contribution in [2.45, 2.75) is 210 Å². The van der Waals surface area contributed by atoms with Crippen LogP contribution < -0.4 is 5.32 Å². The number of nitrogens with one attached hydrogen (secondary N) is 1. The highest BCUT2D eigenvalue weighted by atomic mass is 31.2. The third-order valence-electron chi connectivity index (χ3n) is 9.78. The van der Waals surface area contributed by atoms with Gasteiger partial charge in [-0.15, -0.1) is 0 Å². The molecule has 312 valence electrons. The molecule has 1 aliphatic carbocycles. The lowest BCUT2D eigenvalue weighted by atomic mass is 9.85. The summed E-state index contributed by atoms with van der Waals surface area (Å²) in [6.45, 7) is 3.63. The number of unbranched alkanes of at least 4 members (excludes halogenated alkanes) is 18. The van der Waals surface area contributed by atoms with E-state index in [1.165, 1.54) is 83.1 Å². The van der Waals surface area contributed by atoms with Crippen LogP contribution in [-0.4, -0.2) is 108 Å². The van der Waals surface area contributed by atoms with E-state index < -0.39 is 75.2 Å². The second-order valence-corrected chi connectivity index (χ2v) is 16.1. The maximum atomic E-state index is 12.8. The highest BCUT2D eigenvalue weighted by Crippen LogP contribution is 2.47. The number of phosphoric ester groups is 1. The van der Waals surface area contributed by atoms with Crippen LogP contribution in [-0.2, 0) is 18.4 Å². The number of aliphatic hydroxyl groups is 7. The minimum atomic E-state index is -5.13. The number of hydrogen-bond acceptors (Lipinski definition) is 11. The van der Waals surface area contributed by atoms with Crippen molar-refractivity contribution in [3.05, 3.63) is 24.3 Å². The lowest BCUT2D eigenvalue weighted by Crippen LogP contribution is -2.64. The SMILES string of the molecule is CCCCCC/C=C\CC(O)CC(=O)NC(COP(=O)(O)OC1C(O)C(O)C(O)C(O)C1O)C(O)/C=C/CCCCCCCCCCCCCCCC. The minimum absolute atomic E-state index is 0.252. The van der Waals surface area contributed by atoms with Gasteiger partial charge in [0.25, 0.3) is 0 Å². The Morgan fingerprint density at radius 3 is 1.60 bits per heavy atom. The Kier molecular flexibility index (Phi) is 28.2. The van der Waals surface area contributed by atoms with Gasteiger partial charge in [0, 0.05) is 0 Å². The summed E-state index contributed by atoms with van der Waals surface area (Å²) in [6.07, 6.45) is 16.1. The van der Waals surface area contributed by atoms with Crippen molar-refractivity contribution in [3.63, 3.8) is 0 Å². The molecule has 0 heterocycles. The quantitative estimate of drug-likeness (QED) is 0.0243. The highest BCUT2D eigenvalue weighted by molar-refractivity contribution is 7.47. The van der Waals surface area contributed by atoms with Crippen molar-refractivity contribution in [2.75, 3.05) is 6.61 Å². The van der Waals surface area contributed by atoms with E-state index >= 15 is 0 Å². The number of rotatable bonds is 32. The molecule has 0 aromatic rings. The number of carbonyl (C=O) groups excluding carboxylic acids is 1. The molecule has 13 nitrogen and oxygen atoms in total. The molecule has 9 N–H and O–H groups in total. The predicted molar refractivity (Wildman–Crippen MR) is 206 cm³/mol. The van der Waals surface area contributed by atoms with Crippen LogP contribution in [0.4, 0.5) is 0 Å². The van der Waals surface area contributed by atoms with Crippen molar-refractivity contribution in [2.24, 2.45) is 0 Å². The molecule has 0 bridgehead atoms. The Bertz CT molecular complexity index is 1020. The Morgan fingerprint density at radius 2 is 1.09 bits per heavy atom. The molecule has 0 saturated heterocycles. The fourth-order valence-corrected chi connectivity index (χ4v) is 7.32. The number of phosphoric acid groups is 1. The third kappa shape index (κ3) is 22.8. The van der Waals surface area contributed by atoms with Crippen LogP contribution in [0.2, 0.25) is 0 Å². The van der Waals surface area contributed by atoms with E-state index in [2.05, 4.69) is 19.2 Å². The van der Waals surface area contributed by atoms with E-state index in [1.807, 2.05) is 12.2 Å². The van der Waals surface area contributed by atoms with E-state index in [0.717, 1.165) is 44.9 Å². The van der Waals surface area contributed by atoms with Crippen molar-refractivity contribution in [3.8, 4) is 0 Å². The van der Waals surface area contributed by atoms with Crippen LogP contribution in [0.1, 0.15) is 155 Å². The summed E-state index contributed by atoms with van der Waals surface area (Å²) in [5, 5.41) is 73.9. The molecule has 53 heavy (non-hydrogen) atoms. The molecule has 0 radical (unpaired) electrons. The summed E-state index contributed by atoms with van der Waals surface area (Å²) in [7, 11) is -5.13. The molecule has 1 rings (SSSR count). The van der Waals surface area contributed by atoms with Gasteiger partial charge in [-0.05, 0) is 32.1 Å². The minimum Gasteiger partial charge on any atom is -0.392 e. The van der Waals surface area contributed by atoms with Crippen LogP contribution in [0.3, 0.4) is 0 Å². The van der Waals surface area contributed by atoms with Gasteiger partial charge in [0.1, 0.15) is 36.6 Å². The summed E-state index contributed by atoms with van der Waals surface area (Å²) in [6, 6.07) is -1.25. The first-order valence-corrected chi connectivity index (χ1v) is 21.9. The molecule has 1 saturated carbocycles. The molecular weight excluding hydrogens is 705 g/mol. The number of allylic oxidation sites excluding steroid dienone is 2. The van der Waals surface area contributed by atoms with Gasteiger partial charge in [-0.2, -0.15) is 0 Å². The zero-order chi connectivity index (χ0) is 39.5. The smallest absolute Gasteiger partial charge is 0.392 e. The lowest BCUT2D eigenvalue weighted by molar-refractivity contribution is -0.220. The van der Waals surface area contributed by atoms with Crippen molar-refractivity contribution < 1.29 is 59.0 Å². The maximum absolute atomic E-state index is 12.8. The van der Waals surface area contributed by atoms with E-state index in [4.69, 9.17) is 9.05 Å². The highest BCUT2D eigenvalue weighted by Gasteiger charge is 2.51. The second kappa shape index (κ2) is 30.0. The molecule has 0 aromatic carbocycles. The Balaban J connectivity index is 2.63. The van der Waals surface area contributed by atoms with Crippen molar-refractivity contribution >= 4 is 13.7 Å². The number of carbonyl (C=O) groups is 1. The van der Waals surface area contributed by atoms with Crippen LogP contribution >= 0.6 is 7.82 Å². The van der Waals surface area contributed by atoms with Crippen LogP contribution in [0.25, 0.3) is 0 Å². The summed E-state index contributed by atoms with van der Waals surface area (Å²) in [5.41, 5.74) is 0. The van der Waals surface area contributed by atoms with Gasteiger partial charge < -0.3 is 46.0 Å². The fourth-order valence-electron chi connectivity index (χ4n) is 6.36. The van der Waals surface area contributed by atoms with Crippen LogP contribution in [0, 0.1) is 0 Å². The van der Waals surface area contributed by atoms with E-state index in [-0.39, 0.29) is 12.8 Å². The van der Waals surface area contributed by atoms with Gasteiger partial charge >= 0.3 is 7.82 Å². The van der Waals surface area contributed by atoms with Gasteiger partial charge in [0.2, 0.25) is 5.91 Å². The standard InChI is InChI=1S/C39H74NO12P/c1-3-5-7-9-11-12-13-14-15-16-17-18-19-21-23-25-27-32(42)31(40-33(43)28-30(41)26-24-22-20-10-8-6-4-2)29-51-53(49,50)52-39-37(47)35(45)34(44)36(46)38(39)48/h22,24-25,27,30-32,34-39,41-42,44-48H,3-21,23,26,28-29H2,1-2H3,(H,40,43)(H,49,50)/b24-22-,27-25+. The molecule has 1 fully saturated rings. The van der Waals surface area contributed by atoms with Gasteiger partial charge in [-0.1, -0.05) is 141 Å². The molecule has 8 unspecified atom stereocenters. The van der Waals surface area contributed by atoms with E-state index in [1.54, 1.807) is 6.08 Å². The van der Waals surface area contributed by atoms with Crippen LogP contribution in [0.15, 0.2) is 24.3 Å². The number of hydrogen-bond donors (Lipinski definition) is 9. The molecule has 1 amide bonds. The predicted octanol–water partition coefficient (Wildman–Crippen LogP) is 5.25. The third-order valence-corrected chi connectivity index (χ3v) is 10.8. The molecule has 0 aromatic heterocycles. The monoisotopic (exact) mass is 779 g/mol. The van der Waals surface area contributed by atoms with Gasteiger partial charge in [0.15, 0.2) is 0 Å². The fraction of sp³-hybridized carbons (Fsp3) is 0.872. The molecule has 0 spiro atoms. The number of amides is 1. The average Bonchev–Trinajstić information content (AvgIpc) is 3.12. The van der Waals surface area contributed by atoms with E-state index in [9.17, 15) is 50.0 Å². The van der Waals surface area contributed by atoms with Gasteiger partial charge in [0.05, 0.1) is 31.3 Å². The van der Waals surface area contributed by atoms with Crippen LogP contribution in [0.5, 0.6) is 0 Å². The summed E-state index contributed by atoms with van der Waals surface area (Å²) in [5.74, 6) is -0.631. The number of aliphatic hydroxyl groups excluding tert-OH is 7. The molecular formula is C39H74NO12P. The first-order chi connectivity index (χ1) is 25.3. The Morgan fingerprint density at radius 1 is 0.660 bits per heavy atom. The van der Waals surface area contributed by atoms with E-state index in [0.29, 0.717) is 6.42 Å². The maximum Gasteiger partial charge on any atom is 0.472 e. The molecule has 8 atom stereocenters. The normalized spacial score (nSPS) is 25.1. The van der Waals surface area contributed by atoms with Crippen molar-refractivity contribution in [1.82, 2.24) is 5.32 Å². The molecule has 1 aliphatic rings. The Hall–Kier alpha value is -1.22. The summed E-state index contributed by atoms with van der Waals surface area (Å²) < 4.78 is 22.7. The zero-order valence-electron chi connectivity index (χ0n) is 32.4. The topological polar surface area (TPSA) is 226 Å². The largest absolute Gasteiger partial charge is 0.472 e. The zero-order valence-corrected chi connectivity index (χ0v) is 33.3. The summed E-state index contributed by atoms with van der Waals surface area (Å²) >= 11 is 0. The Labute approximate surface area is 318 Å². The molecule has 14 heteroatoms. The first kappa shape index (κ1) is 49.8. The second-order valence-electron chi connectivity index (χ2n) is 14.7. The lowest BCUT2D eigenvalue weighted by Gasteiger charge is -2.41. The molecule has 0 aliphatic heterocycles. The average molecular weight is 780 g/mol. The van der Waals surface area contributed by atoms with Gasteiger partial charge in [-0.3, -0.25) is 13.8 Å². The first-order valence-electron chi connectivity index (χ1n) is 20.4. The van der Waals surface area contributed by atoms with Gasteiger partial charge in [-0.25, -0.2) is 4.57 Å². The van der Waals surface area contributed by atoms with Crippen molar-refractivity contribution in [1.29, 1.82) is 0 Å². The summed E-state index contributed by atoms with van der Waals surface area (Å²) in [4.78, 5) is 23.2.